The average molecular weight is 377 g/mol. The van der Waals surface area contributed by atoms with E-state index < -0.39 is 0 Å². The van der Waals surface area contributed by atoms with E-state index in [0.29, 0.717) is 16.1 Å². The van der Waals surface area contributed by atoms with E-state index in [4.69, 9.17) is 13.9 Å². The van der Waals surface area contributed by atoms with Gasteiger partial charge in [-0.15, -0.1) is 16.4 Å². The van der Waals surface area contributed by atoms with Crippen molar-refractivity contribution in [1.82, 2.24) is 24.6 Å². The molecule has 0 aliphatic heterocycles. The highest BCUT2D eigenvalue weighted by molar-refractivity contribution is 9.10. The molecule has 7 nitrogen and oxygen atoms in total. The smallest absolute Gasteiger partial charge is 0.336 e. The van der Waals surface area contributed by atoms with Gasteiger partial charge >= 0.3 is 6.01 Å². The first-order valence-corrected chi connectivity index (χ1v) is 7.94. The van der Waals surface area contributed by atoms with Gasteiger partial charge in [0, 0.05) is 18.8 Å². The highest BCUT2D eigenvalue weighted by atomic mass is 79.9. The Morgan fingerprint density at radius 1 is 1.55 bits per heavy atom. The summed E-state index contributed by atoms with van der Waals surface area (Å²) in [6.45, 7) is 2.24. The fraction of sp³-hybridized carbons (Fsp3) is 0.273. The second-order valence-corrected chi connectivity index (χ2v) is 6.40. The van der Waals surface area contributed by atoms with E-state index >= 15 is 0 Å². The van der Waals surface area contributed by atoms with Crippen molar-refractivity contribution < 1.29 is 6.15 Å². The number of nitrogens with zero attached hydrogens (tertiary/aromatic N) is 5. The normalized spacial score (nSPS) is 11.5. The van der Waals surface area contributed by atoms with Crippen LogP contribution in [-0.4, -0.2) is 45.9 Å². The number of hydrogen-bond donors (Lipinski definition) is 1. The molecule has 0 aromatic carbocycles. The van der Waals surface area contributed by atoms with E-state index in [-0.39, 0.29) is 19.1 Å². The van der Waals surface area contributed by atoms with Crippen LogP contribution in [0, 0.1) is 6.92 Å². The zero-order chi connectivity index (χ0) is 16.4. The molecular formula is C11H10B2BrN6OS. The molecule has 0 unspecified atom stereocenters. The van der Waals surface area contributed by atoms with Gasteiger partial charge in [0.15, 0.2) is 12.9 Å². The quantitative estimate of drug-likeness (QED) is 0.655. The van der Waals surface area contributed by atoms with Crippen molar-refractivity contribution in [2.24, 2.45) is 0 Å². The standard InChI is InChI=1S/C11H10B2BrN6OS/c1-6-2-15-8(22-6)4-21-11-18-9(17-5-13-12)10-16-3-7(14)20(10)19-11/h2-3H,4-5H2,1H3,(H,17,18,19)/i/hD. The first-order valence-electron chi connectivity index (χ1n) is 6.78. The lowest BCUT2D eigenvalue weighted by Gasteiger charge is -2.08. The minimum Gasteiger partial charge on any atom is -0.455 e. The zero-order valence-electron chi connectivity index (χ0n) is 12.6. The maximum atomic E-state index is 8.00. The Bertz CT molecular complexity index is 830. The lowest BCUT2D eigenvalue weighted by Crippen LogP contribution is -2.13. The summed E-state index contributed by atoms with van der Waals surface area (Å²) in [5.41, 5.74) is 0.436. The molecule has 3 heterocycles. The molecule has 0 aliphatic carbocycles. The van der Waals surface area contributed by atoms with Gasteiger partial charge in [0.2, 0.25) is 0 Å². The number of fused-ring (bicyclic) bond motifs is 1. The third-order valence-corrected chi connectivity index (χ3v) is 4.05. The number of thiazole rings is 1. The Balaban J connectivity index is 1.91. The summed E-state index contributed by atoms with van der Waals surface area (Å²) in [4.78, 5) is 13.8. The van der Waals surface area contributed by atoms with Gasteiger partial charge in [-0.2, -0.15) is 9.50 Å². The highest BCUT2D eigenvalue weighted by Gasteiger charge is 2.13. The van der Waals surface area contributed by atoms with Crippen LogP contribution in [-0.2, 0) is 6.61 Å². The van der Waals surface area contributed by atoms with Crippen LogP contribution in [0.2, 0.25) is 1.41 Å². The molecule has 0 amide bonds. The van der Waals surface area contributed by atoms with Gasteiger partial charge in [-0.05, 0) is 29.3 Å². The Morgan fingerprint density at radius 3 is 3.14 bits per heavy atom. The number of halogens is 1. The van der Waals surface area contributed by atoms with E-state index in [9.17, 15) is 0 Å². The number of aryl methyl sites for hydroxylation is 1. The van der Waals surface area contributed by atoms with E-state index in [1.54, 1.807) is 23.7 Å². The van der Waals surface area contributed by atoms with Crippen LogP contribution in [0.4, 0.5) is 5.82 Å². The molecule has 0 fully saturated rings. The Kier molecular flexibility index (Phi) is 4.24. The van der Waals surface area contributed by atoms with Crippen molar-refractivity contribution >= 4 is 53.6 Å². The van der Waals surface area contributed by atoms with E-state index in [1.807, 2.05) is 6.92 Å². The summed E-state index contributed by atoms with van der Waals surface area (Å²) in [7, 11) is 6.75. The number of anilines is 1. The summed E-state index contributed by atoms with van der Waals surface area (Å²) in [6.07, 6.45) is 3.57. The molecule has 109 valence electrons. The first-order chi connectivity index (χ1) is 11.1. The second kappa shape index (κ2) is 6.66. The van der Waals surface area contributed by atoms with Crippen molar-refractivity contribution in [2.75, 3.05) is 11.8 Å². The number of aromatic nitrogens is 5. The molecule has 0 saturated carbocycles. The number of rotatable bonds is 6. The monoisotopic (exact) mass is 376 g/mol. The van der Waals surface area contributed by atoms with E-state index in [1.165, 1.54) is 11.7 Å². The largest absolute Gasteiger partial charge is 0.455 e. The Labute approximate surface area is 142 Å². The van der Waals surface area contributed by atoms with Gasteiger partial charge in [-0.3, -0.25) is 0 Å². The molecule has 0 spiro atoms. The predicted octanol–water partition coefficient (Wildman–Crippen LogP) is 1.39. The van der Waals surface area contributed by atoms with Gasteiger partial charge in [0.05, 0.1) is 13.4 Å². The van der Waals surface area contributed by atoms with Crippen LogP contribution in [0.5, 0.6) is 6.01 Å². The molecule has 0 bridgehead atoms. The predicted molar refractivity (Wildman–Crippen MR) is 89.7 cm³/mol. The number of nitrogens with one attached hydrogen (secondary N) is 1. The van der Waals surface area contributed by atoms with Gasteiger partial charge < -0.3 is 10.0 Å². The third kappa shape index (κ3) is 3.25. The molecule has 0 atom stereocenters. The van der Waals surface area contributed by atoms with E-state index in [2.05, 4.69) is 36.0 Å². The van der Waals surface area contributed by atoms with Crippen molar-refractivity contribution in [2.45, 2.75) is 13.5 Å². The van der Waals surface area contributed by atoms with Gasteiger partial charge in [-0.1, -0.05) is 0 Å². The summed E-state index contributed by atoms with van der Waals surface area (Å²) in [5, 5.41) is 6.21. The van der Waals surface area contributed by atoms with E-state index in [0.717, 1.165) is 15.2 Å². The first kappa shape index (κ1) is 14.0. The van der Waals surface area contributed by atoms with Crippen molar-refractivity contribution in [3.8, 4) is 6.01 Å². The summed E-state index contributed by atoms with van der Waals surface area (Å²) in [6, 6.07) is 0.133. The van der Waals surface area contributed by atoms with Gasteiger partial charge in [-0.25, -0.2) is 9.97 Å². The Hall–Kier alpha value is -1.61. The lowest BCUT2D eigenvalue weighted by atomic mass is 9.56. The Morgan fingerprint density at radius 2 is 2.41 bits per heavy atom. The van der Waals surface area contributed by atoms with Crippen LogP contribution in [0.1, 0.15) is 9.88 Å². The minimum absolute atomic E-state index is 0.133. The topological polar surface area (TPSA) is 77.2 Å². The maximum Gasteiger partial charge on any atom is 0.336 e. The molecule has 3 rings (SSSR count). The summed E-state index contributed by atoms with van der Waals surface area (Å²) in [5.74, 6) is 0.303. The summed E-state index contributed by atoms with van der Waals surface area (Å²) >= 11 is 4.90. The molecule has 11 heteroatoms. The van der Waals surface area contributed by atoms with Crippen LogP contribution < -0.4 is 10.0 Å². The molecule has 1 N–H and O–H groups in total. The molecule has 0 saturated heterocycles. The molecule has 0 aliphatic rings. The fourth-order valence-electron chi connectivity index (χ4n) is 1.72. The molecule has 3 aromatic heterocycles. The zero-order valence-corrected chi connectivity index (χ0v) is 14.0. The van der Waals surface area contributed by atoms with Crippen molar-refractivity contribution in [3.05, 3.63) is 26.9 Å². The lowest BCUT2D eigenvalue weighted by molar-refractivity contribution is 0.275. The maximum absolute atomic E-state index is 8.00. The molecular weight excluding hydrogens is 366 g/mol. The molecule has 22 heavy (non-hydrogen) atoms. The van der Waals surface area contributed by atoms with Crippen molar-refractivity contribution in [1.29, 1.82) is 0 Å². The number of hydrogen-bond acceptors (Lipinski definition) is 7. The highest BCUT2D eigenvalue weighted by Crippen LogP contribution is 2.21. The van der Waals surface area contributed by atoms with Crippen LogP contribution in [0.25, 0.3) is 5.65 Å². The number of ether oxygens (including phenoxy) is 1. The van der Waals surface area contributed by atoms with Crippen LogP contribution in [0.15, 0.2) is 17.0 Å². The fourth-order valence-corrected chi connectivity index (χ4v) is 2.77. The summed E-state index contributed by atoms with van der Waals surface area (Å²) < 4.78 is 15.8. The van der Waals surface area contributed by atoms with Gasteiger partial charge in [0.25, 0.3) is 0 Å². The third-order valence-electron chi connectivity index (χ3n) is 2.62. The molecule has 3 aromatic rings. The second-order valence-electron chi connectivity index (χ2n) is 4.26. The van der Waals surface area contributed by atoms with Gasteiger partial charge in [0.1, 0.15) is 16.2 Å². The average Bonchev–Trinajstić information content (AvgIpc) is 3.11. The van der Waals surface area contributed by atoms with Crippen LogP contribution >= 0.6 is 27.3 Å². The van der Waals surface area contributed by atoms with Crippen molar-refractivity contribution in [3.63, 3.8) is 0 Å². The number of imidazole rings is 1. The molecule has 3 radical (unpaired) electrons. The van der Waals surface area contributed by atoms with Crippen LogP contribution in [0.3, 0.4) is 0 Å². The SMILES string of the molecule is [2H]N(C[B][B])c1nc(OCc2ncc(C)s2)nn2c(Br)cnc12. The minimum atomic E-state index is 0.133.